The minimum atomic E-state index is -0.385. The highest BCUT2D eigenvalue weighted by molar-refractivity contribution is 7.98. The zero-order valence-electron chi connectivity index (χ0n) is 12.9. The Bertz CT molecular complexity index is 826. The second kappa shape index (κ2) is 6.82. The summed E-state index contributed by atoms with van der Waals surface area (Å²) < 4.78 is 6.98. The third-order valence-corrected chi connectivity index (χ3v) is 3.99. The minimum absolute atomic E-state index is 0.321. The van der Waals surface area contributed by atoms with Gasteiger partial charge in [0.2, 0.25) is 0 Å². The van der Waals surface area contributed by atoms with Crippen molar-refractivity contribution in [1.82, 2.24) is 24.7 Å². The molecule has 0 unspecified atom stereocenters. The van der Waals surface area contributed by atoms with E-state index < -0.39 is 0 Å². The molecule has 0 amide bonds. The molecule has 0 saturated heterocycles. The summed E-state index contributed by atoms with van der Waals surface area (Å²) >= 11 is 1.76. The lowest BCUT2D eigenvalue weighted by atomic mass is 10.1. The maximum Gasteiger partial charge on any atom is 0.340 e. The highest BCUT2D eigenvalue weighted by Gasteiger charge is 2.19. The quantitative estimate of drug-likeness (QED) is 0.698. The molecule has 0 aliphatic rings. The first-order chi connectivity index (χ1) is 11.2. The van der Waals surface area contributed by atoms with Crippen LogP contribution >= 0.6 is 11.8 Å². The van der Waals surface area contributed by atoms with Crippen molar-refractivity contribution in [3.05, 3.63) is 30.5 Å². The molecule has 0 aliphatic carbocycles. The van der Waals surface area contributed by atoms with E-state index in [1.807, 2.05) is 10.9 Å². The van der Waals surface area contributed by atoms with Gasteiger partial charge in [0.15, 0.2) is 0 Å². The number of aromatic amines is 1. The average molecular weight is 331 g/mol. The maximum absolute atomic E-state index is 12.1. The van der Waals surface area contributed by atoms with E-state index in [1.165, 1.54) is 6.33 Å². The largest absolute Gasteiger partial charge is 0.462 e. The number of fused-ring (bicyclic) bond motifs is 1. The summed E-state index contributed by atoms with van der Waals surface area (Å²) in [5.74, 6) is 0.600. The Balaban J connectivity index is 2.05. The highest BCUT2D eigenvalue weighted by Crippen LogP contribution is 2.28. The Morgan fingerprint density at radius 3 is 3.09 bits per heavy atom. The molecule has 3 heterocycles. The molecular formula is C15H17N5O2S. The van der Waals surface area contributed by atoms with Gasteiger partial charge in [-0.25, -0.2) is 14.8 Å². The first-order valence-corrected chi connectivity index (χ1v) is 8.65. The van der Waals surface area contributed by atoms with Crippen LogP contribution < -0.4 is 0 Å². The van der Waals surface area contributed by atoms with Crippen LogP contribution in [0.4, 0.5) is 0 Å². The van der Waals surface area contributed by atoms with Crippen molar-refractivity contribution in [2.75, 3.05) is 18.6 Å². The van der Waals surface area contributed by atoms with Crippen LogP contribution in [0.2, 0.25) is 0 Å². The van der Waals surface area contributed by atoms with Gasteiger partial charge in [0.05, 0.1) is 29.4 Å². The van der Waals surface area contributed by atoms with Crippen molar-refractivity contribution in [3.63, 3.8) is 0 Å². The number of nitrogens with zero attached hydrogens (tertiary/aromatic N) is 4. The zero-order chi connectivity index (χ0) is 16.2. The fourth-order valence-corrected chi connectivity index (χ4v) is 2.71. The fourth-order valence-electron chi connectivity index (χ4n) is 2.34. The van der Waals surface area contributed by atoms with Gasteiger partial charge in [0.25, 0.3) is 0 Å². The van der Waals surface area contributed by atoms with Crippen LogP contribution in [0.5, 0.6) is 0 Å². The zero-order valence-corrected chi connectivity index (χ0v) is 13.8. The van der Waals surface area contributed by atoms with Gasteiger partial charge in [-0.15, -0.1) is 0 Å². The third-order valence-electron chi connectivity index (χ3n) is 3.40. The summed E-state index contributed by atoms with van der Waals surface area (Å²) in [4.78, 5) is 23.7. The number of aryl methyl sites for hydroxylation is 1. The number of H-pyrrole nitrogens is 1. The molecular weight excluding hydrogens is 314 g/mol. The molecule has 0 spiro atoms. The second-order valence-corrected chi connectivity index (χ2v) is 5.84. The Kier molecular flexibility index (Phi) is 4.61. The highest BCUT2D eigenvalue weighted by atomic mass is 32.2. The molecule has 23 heavy (non-hydrogen) atoms. The van der Waals surface area contributed by atoms with E-state index in [9.17, 15) is 4.79 Å². The number of carbonyl (C=O) groups excluding carboxylic acids is 1. The van der Waals surface area contributed by atoms with Gasteiger partial charge < -0.3 is 9.72 Å². The van der Waals surface area contributed by atoms with Gasteiger partial charge in [-0.1, -0.05) is 0 Å². The predicted molar refractivity (Wildman–Crippen MR) is 89.4 cm³/mol. The molecule has 0 aromatic carbocycles. The summed E-state index contributed by atoms with van der Waals surface area (Å²) in [6.45, 7) is 2.92. The molecule has 3 rings (SSSR count). The van der Waals surface area contributed by atoms with E-state index in [4.69, 9.17) is 4.74 Å². The van der Waals surface area contributed by atoms with Crippen molar-refractivity contribution in [1.29, 1.82) is 0 Å². The van der Waals surface area contributed by atoms with Crippen molar-refractivity contribution < 1.29 is 9.53 Å². The summed E-state index contributed by atoms with van der Waals surface area (Å²) in [7, 11) is 0. The van der Waals surface area contributed by atoms with Crippen molar-refractivity contribution >= 4 is 28.8 Å². The van der Waals surface area contributed by atoms with Gasteiger partial charge in [-0.3, -0.25) is 4.68 Å². The Labute approximate surface area is 137 Å². The van der Waals surface area contributed by atoms with Crippen LogP contribution in [-0.4, -0.2) is 49.3 Å². The van der Waals surface area contributed by atoms with Crippen LogP contribution in [-0.2, 0) is 11.3 Å². The fraction of sp³-hybridized carbons (Fsp3) is 0.333. The molecule has 0 atom stereocenters. The van der Waals surface area contributed by atoms with Crippen molar-refractivity contribution in [2.45, 2.75) is 13.5 Å². The van der Waals surface area contributed by atoms with Crippen LogP contribution in [0, 0.1) is 0 Å². The number of hydrogen-bond acceptors (Lipinski definition) is 6. The molecule has 7 nitrogen and oxygen atoms in total. The van der Waals surface area contributed by atoms with Crippen LogP contribution in [0.15, 0.2) is 24.9 Å². The number of thioether (sulfide) groups is 1. The predicted octanol–water partition coefficient (Wildman–Crippen LogP) is 2.36. The second-order valence-electron chi connectivity index (χ2n) is 4.85. The lowest BCUT2D eigenvalue weighted by Crippen LogP contribution is -2.04. The van der Waals surface area contributed by atoms with Gasteiger partial charge in [-0.2, -0.15) is 16.9 Å². The number of ether oxygens (including phenoxy) is 1. The number of carbonyl (C=O) groups is 1. The Hall–Kier alpha value is -2.35. The molecule has 0 fully saturated rings. The van der Waals surface area contributed by atoms with Gasteiger partial charge in [-0.05, 0) is 13.2 Å². The van der Waals surface area contributed by atoms with Crippen molar-refractivity contribution in [3.8, 4) is 11.3 Å². The van der Waals surface area contributed by atoms with Crippen LogP contribution in [0.3, 0.4) is 0 Å². The third kappa shape index (κ3) is 3.07. The van der Waals surface area contributed by atoms with Crippen LogP contribution in [0.25, 0.3) is 22.3 Å². The first kappa shape index (κ1) is 15.5. The normalized spacial score (nSPS) is 11.0. The van der Waals surface area contributed by atoms with Crippen molar-refractivity contribution in [2.24, 2.45) is 0 Å². The lowest BCUT2D eigenvalue weighted by molar-refractivity contribution is 0.0528. The monoisotopic (exact) mass is 331 g/mol. The minimum Gasteiger partial charge on any atom is -0.462 e. The van der Waals surface area contributed by atoms with Gasteiger partial charge in [0.1, 0.15) is 12.0 Å². The summed E-state index contributed by atoms with van der Waals surface area (Å²) in [5, 5.41) is 5.01. The molecule has 3 aromatic rings. The lowest BCUT2D eigenvalue weighted by Gasteiger charge is -2.03. The molecule has 0 radical (unpaired) electrons. The average Bonchev–Trinajstić information content (AvgIpc) is 3.19. The molecule has 120 valence electrons. The number of esters is 1. The standard InChI is InChI=1S/C15H17N5O2S/c1-3-22-15(21)11-7-16-14-12(11)13(17-9-18-14)10-6-19-20(8-10)4-5-23-2/h6-9H,3-5H2,1-2H3,(H,16,17,18). The van der Waals surface area contributed by atoms with Crippen LogP contribution in [0.1, 0.15) is 17.3 Å². The molecule has 0 aliphatic heterocycles. The van der Waals surface area contributed by atoms with E-state index in [2.05, 4.69) is 26.3 Å². The smallest absolute Gasteiger partial charge is 0.340 e. The molecule has 0 bridgehead atoms. The first-order valence-electron chi connectivity index (χ1n) is 7.25. The van der Waals surface area contributed by atoms with E-state index in [1.54, 1.807) is 31.1 Å². The Morgan fingerprint density at radius 1 is 1.43 bits per heavy atom. The summed E-state index contributed by atoms with van der Waals surface area (Å²) in [5.41, 5.74) is 2.57. The maximum atomic E-state index is 12.1. The Morgan fingerprint density at radius 2 is 2.30 bits per heavy atom. The van der Waals surface area contributed by atoms with E-state index in [-0.39, 0.29) is 5.97 Å². The molecule has 0 saturated carbocycles. The molecule has 1 N–H and O–H groups in total. The van der Waals surface area contributed by atoms with E-state index in [0.29, 0.717) is 28.9 Å². The van der Waals surface area contributed by atoms with E-state index in [0.717, 1.165) is 17.9 Å². The number of rotatable bonds is 6. The summed E-state index contributed by atoms with van der Waals surface area (Å²) in [6.07, 6.45) is 8.83. The van der Waals surface area contributed by atoms with E-state index >= 15 is 0 Å². The number of nitrogens with one attached hydrogen (secondary N) is 1. The van der Waals surface area contributed by atoms with Gasteiger partial charge >= 0.3 is 5.97 Å². The SMILES string of the molecule is CCOC(=O)c1c[nH]c2ncnc(-c3cnn(CCSC)c3)c12. The number of hydrogen-bond donors (Lipinski definition) is 1. The van der Waals surface area contributed by atoms with Gasteiger partial charge in [0, 0.05) is 30.3 Å². The molecule has 8 heteroatoms. The summed E-state index contributed by atoms with van der Waals surface area (Å²) in [6, 6.07) is 0. The molecule has 3 aromatic heterocycles. The topological polar surface area (TPSA) is 85.7 Å². The number of aromatic nitrogens is 5.